The summed E-state index contributed by atoms with van der Waals surface area (Å²) in [7, 11) is 0. The lowest BCUT2D eigenvalue weighted by atomic mass is 10.2. The quantitative estimate of drug-likeness (QED) is 0.641. The van der Waals surface area contributed by atoms with Gasteiger partial charge in [-0.3, -0.25) is 19.4 Å². The van der Waals surface area contributed by atoms with Crippen LogP contribution in [0.5, 0.6) is 0 Å². The molecule has 0 saturated carbocycles. The second-order valence-corrected chi connectivity index (χ2v) is 5.11. The van der Waals surface area contributed by atoms with Gasteiger partial charge in [-0.1, -0.05) is 0 Å². The normalized spacial score (nSPS) is 33.2. The van der Waals surface area contributed by atoms with Crippen LogP contribution in [0.3, 0.4) is 0 Å². The Bertz CT molecular complexity index is 332. The number of carbonyl (C=O) groups excluding carboxylic acids is 2. The monoisotopic (exact) mass is 253 g/mol. The van der Waals surface area contributed by atoms with Gasteiger partial charge in [0, 0.05) is 39.3 Å². The van der Waals surface area contributed by atoms with E-state index in [2.05, 4.69) is 10.2 Å². The maximum Gasteiger partial charge on any atom is 0.258 e. The van der Waals surface area contributed by atoms with Gasteiger partial charge in [-0.2, -0.15) is 0 Å². The maximum absolute atomic E-state index is 12.0. The summed E-state index contributed by atoms with van der Waals surface area (Å²) in [6, 6.07) is 0. The van der Waals surface area contributed by atoms with Crippen LogP contribution in [0, 0.1) is 0 Å². The SMILES string of the molecule is O=C1C2CCC(O2)C(=O)N1CCN1CCNCC1. The smallest absolute Gasteiger partial charge is 0.258 e. The molecule has 0 aliphatic carbocycles. The second-order valence-electron chi connectivity index (χ2n) is 5.11. The largest absolute Gasteiger partial charge is 0.355 e. The molecule has 0 aromatic heterocycles. The van der Waals surface area contributed by atoms with Crippen LogP contribution < -0.4 is 5.32 Å². The molecular formula is C12H19N3O3. The van der Waals surface area contributed by atoms with E-state index in [-0.39, 0.29) is 24.0 Å². The van der Waals surface area contributed by atoms with Crippen LogP contribution >= 0.6 is 0 Å². The van der Waals surface area contributed by atoms with Gasteiger partial charge in [0.25, 0.3) is 11.8 Å². The van der Waals surface area contributed by atoms with Gasteiger partial charge in [0.05, 0.1) is 0 Å². The third-order valence-electron chi connectivity index (χ3n) is 3.95. The third kappa shape index (κ3) is 2.15. The Morgan fingerprint density at radius 3 is 2.28 bits per heavy atom. The molecule has 3 aliphatic heterocycles. The molecule has 1 N–H and O–H groups in total. The first-order valence-corrected chi connectivity index (χ1v) is 6.69. The Morgan fingerprint density at radius 1 is 1.06 bits per heavy atom. The minimum Gasteiger partial charge on any atom is -0.355 e. The van der Waals surface area contributed by atoms with E-state index in [1.54, 1.807) is 0 Å². The van der Waals surface area contributed by atoms with Gasteiger partial charge in [0.1, 0.15) is 12.2 Å². The van der Waals surface area contributed by atoms with Crippen molar-refractivity contribution in [3.05, 3.63) is 0 Å². The minimum atomic E-state index is -0.365. The number of amides is 2. The average Bonchev–Trinajstić information content (AvgIpc) is 2.85. The number of nitrogens with zero attached hydrogens (tertiary/aromatic N) is 2. The minimum absolute atomic E-state index is 0.135. The zero-order valence-corrected chi connectivity index (χ0v) is 10.4. The molecule has 2 unspecified atom stereocenters. The fourth-order valence-corrected chi connectivity index (χ4v) is 2.85. The first kappa shape index (κ1) is 12.1. The van der Waals surface area contributed by atoms with Crippen LogP contribution in [-0.2, 0) is 14.3 Å². The number of likely N-dealkylation sites (tertiary alicyclic amines) is 1. The third-order valence-corrected chi connectivity index (χ3v) is 3.95. The number of ether oxygens (including phenoxy) is 1. The van der Waals surface area contributed by atoms with Crippen molar-refractivity contribution in [2.75, 3.05) is 39.3 Å². The van der Waals surface area contributed by atoms with Crippen LogP contribution in [0.4, 0.5) is 0 Å². The lowest BCUT2D eigenvalue weighted by molar-refractivity contribution is -0.168. The maximum atomic E-state index is 12.0. The van der Waals surface area contributed by atoms with Crippen molar-refractivity contribution in [3.63, 3.8) is 0 Å². The number of rotatable bonds is 3. The number of carbonyl (C=O) groups is 2. The summed E-state index contributed by atoms with van der Waals surface area (Å²) in [5, 5.41) is 3.29. The highest BCUT2D eigenvalue weighted by Crippen LogP contribution is 2.28. The summed E-state index contributed by atoms with van der Waals surface area (Å²) >= 11 is 0. The first-order valence-electron chi connectivity index (χ1n) is 6.69. The number of fused-ring (bicyclic) bond motifs is 2. The summed E-state index contributed by atoms with van der Waals surface area (Å²) in [6.45, 7) is 5.22. The highest BCUT2D eigenvalue weighted by Gasteiger charge is 2.46. The number of hydrogen-bond donors (Lipinski definition) is 1. The van der Waals surface area contributed by atoms with Crippen LogP contribution in [0.25, 0.3) is 0 Å². The molecular weight excluding hydrogens is 234 g/mol. The van der Waals surface area contributed by atoms with Crippen molar-refractivity contribution in [1.29, 1.82) is 0 Å². The van der Waals surface area contributed by atoms with Crippen LogP contribution in [-0.4, -0.2) is 73.1 Å². The molecule has 3 rings (SSSR count). The Balaban J connectivity index is 1.58. The molecule has 2 bridgehead atoms. The van der Waals surface area contributed by atoms with Gasteiger partial charge in [0.15, 0.2) is 0 Å². The number of hydrogen-bond acceptors (Lipinski definition) is 5. The van der Waals surface area contributed by atoms with Gasteiger partial charge >= 0.3 is 0 Å². The Morgan fingerprint density at radius 2 is 1.67 bits per heavy atom. The molecule has 0 aromatic carbocycles. The van der Waals surface area contributed by atoms with Gasteiger partial charge in [-0.15, -0.1) is 0 Å². The molecule has 3 saturated heterocycles. The van der Waals surface area contributed by atoms with E-state index in [1.165, 1.54) is 4.90 Å². The summed E-state index contributed by atoms with van der Waals surface area (Å²) in [6.07, 6.45) is 0.658. The number of morpholine rings is 1. The predicted molar refractivity (Wildman–Crippen MR) is 63.9 cm³/mol. The van der Waals surface area contributed by atoms with Crippen molar-refractivity contribution in [3.8, 4) is 0 Å². The number of imide groups is 1. The lowest BCUT2D eigenvalue weighted by Gasteiger charge is -2.33. The second kappa shape index (κ2) is 4.95. The first-order chi connectivity index (χ1) is 8.75. The molecule has 0 spiro atoms. The van der Waals surface area contributed by atoms with Gasteiger partial charge in [-0.25, -0.2) is 0 Å². The molecule has 2 atom stereocenters. The number of nitrogens with one attached hydrogen (secondary N) is 1. The van der Waals surface area contributed by atoms with Gasteiger partial charge in [-0.05, 0) is 12.8 Å². The van der Waals surface area contributed by atoms with Crippen LogP contribution in [0.1, 0.15) is 12.8 Å². The Hall–Kier alpha value is -0.980. The molecule has 3 heterocycles. The van der Waals surface area contributed by atoms with E-state index >= 15 is 0 Å². The zero-order chi connectivity index (χ0) is 12.5. The fraction of sp³-hybridized carbons (Fsp3) is 0.833. The highest BCUT2D eigenvalue weighted by atomic mass is 16.5. The summed E-state index contributed by atoms with van der Waals surface area (Å²) in [4.78, 5) is 27.7. The molecule has 6 heteroatoms. The van der Waals surface area contributed by atoms with Gasteiger partial charge in [0.2, 0.25) is 0 Å². The standard InChI is InChI=1S/C12H19N3O3/c16-11-9-1-2-10(18-9)12(17)15(11)8-7-14-5-3-13-4-6-14/h9-10,13H,1-8H2. The molecule has 6 nitrogen and oxygen atoms in total. The van der Waals surface area contributed by atoms with E-state index in [0.29, 0.717) is 19.4 Å². The van der Waals surface area contributed by atoms with Crippen molar-refractivity contribution >= 4 is 11.8 Å². The topological polar surface area (TPSA) is 61.9 Å². The Kier molecular flexibility index (Phi) is 3.32. The molecule has 2 amide bonds. The molecule has 18 heavy (non-hydrogen) atoms. The Labute approximate surface area is 106 Å². The number of piperazine rings is 1. The van der Waals surface area contributed by atoms with Crippen molar-refractivity contribution < 1.29 is 14.3 Å². The van der Waals surface area contributed by atoms with Crippen LogP contribution in [0.2, 0.25) is 0 Å². The zero-order valence-electron chi connectivity index (χ0n) is 10.4. The fourth-order valence-electron chi connectivity index (χ4n) is 2.85. The van der Waals surface area contributed by atoms with Crippen LogP contribution in [0.15, 0.2) is 0 Å². The molecule has 100 valence electrons. The van der Waals surface area contributed by atoms with E-state index in [4.69, 9.17) is 4.74 Å². The van der Waals surface area contributed by atoms with E-state index in [1.807, 2.05) is 0 Å². The van der Waals surface area contributed by atoms with E-state index < -0.39 is 0 Å². The highest BCUT2D eigenvalue weighted by molar-refractivity contribution is 6.02. The van der Waals surface area contributed by atoms with E-state index in [9.17, 15) is 9.59 Å². The lowest BCUT2D eigenvalue weighted by Crippen LogP contribution is -2.54. The summed E-state index contributed by atoms with van der Waals surface area (Å²) in [5.74, 6) is -0.271. The summed E-state index contributed by atoms with van der Waals surface area (Å²) < 4.78 is 5.38. The average molecular weight is 253 g/mol. The van der Waals surface area contributed by atoms with Gasteiger partial charge < -0.3 is 10.1 Å². The van der Waals surface area contributed by atoms with Crippen molar-refractivity contribution in [2.24, 2.45) is 0 Å². The van der Waals surface area contributed by atoms with Crippen molar-refractivity contribution in [2.45, 2.75) is 25.0 Å². The molecule has 3 fully saturated rings. The molecule has 0 radical (unpaired) electrons. The summed E-state index contributed by atoms with van der Waals surface area (Å²) in [5.41, 5.74) is 0. The molecule has 3 aliphatic rings. The van der Waals surface area contributed by atoms with E-state index in [0.717, 1.165) is 32.7 Å². The molecule has 0 aromatic rings. The predicted octanol–water partition coefficient (Wildman–Crippen LogP) is -1.19. The van der Waals surface area contributed by atoms with Crippen molar-refractivity contribution in [1.82, 2.24) is 15.1 Å².